The predicted octanol–water partition coefficient (Wildman–Crippen LogP) is 11.0. The first-order chi connectivity index (χ1) is 30.0. The summed E-state index contributed by atoms with van der Waals surface area (Å²) in [5.74, 6) is 4.09. The zero-order chi connectivity index (χ0) is 44.2. The monoisotopic (exact) mass is 867 g/mol. The molecule has 0 N–H and O–H groups in total. The standard InChI is InChI=1S/C56H86N2O5/c1-50(2)39(36-38-12-10-9-11-13-38)37-43(50)48(59)63-46-18-21-53(6)44(51(46,3)4)17-22-55(8)45(53)15-14-42-47-41(52(5)24-25-52)16-23-56(47,27-26-54(42,55)7)49(60)58-28-19-40(20-29-58)62-35-32-57-30-33-61-34-31-57/h9-13,39-47H,14-37H2,1-8H3/t39-,41-,42-,43-,44+,45-,46+,47-,53+,54-,55-,56+/m1/s1. The molecule has 12 atom stereocenters. The third-order valence-electron chi connectivity index (χ3n) is 22.7. The van der Waals surface area contributed by atoms with Crippen LogP contribution < -0.4 is 0 Å². The van der Waals surface area contributed by atoms with Crippen molar-refractivity contribution in [3.8, 4) is 0 Å². The summed E-state index contributed by atoms with van der Waals surface area (Å²) < 4.78 is 18.7. The molecule has 9 fully saturated rings. The van der Waals surface area contributed by atoms with Gasteiger partial charge in [-0.1, -0.05) is 85.7 Å². The molecule has 0 radical (unpaired) electrons. The Morgan fingerprint density at radius 3 is 2.13 bits per heavy atom. The second-order valence-corrected chi connectivity index (χ2v) is 25.7. The molecule has 0 bridgehead atoms. The number of ether oxygens (including phenoxy) is 3. The first-order valence-electron chi connectivity index (χ1n) is 26.4. The summed E-state index contributed by atoms with van der Waals surface area (Å²) in [5, 5.41) is 0. The van der Waals surface area contributed by atoms with Crippen molar-refractivity contribution in [2.45, 2.75) is 170 Å². The highest BCUT2D eigenvalue weighted by atomic mass is 16.5. The minimum atomic E-state index is -0.185. The Kier molecular flexibility index (Phi) is 11.5. The lowest BCUT2D eigenvalue weighted by atomic mass is 9.32. The molecule has 9 aliphatic rings. The van der Waals surface area contributed by atoms with Gasteiger partial charge in [-0.05, 0) is 171 Å². The molecule has 0 aromatic heterocycles. The van der Waals surface area contributed by atoms with Crippen LogP contribution in [0.1, 0.15) is 157 Å². The molecule has 0 spiro atoms. The molecule has 2 aliphatic heterocycles. The van der Waals surface area contributed by atoms with Gasteiger partial charge in [-0.2, -0.15) is 0 Å². The molecule has 7 saturated carbocycles. The van der Waals surface area contributed by atoms with Crippen LogP contribution in [0.2, 0.25) is 0 Å². The molecular formula is C56H86N2O5. The number of benzene rings is 1. The van der Waals surface area contributed by atoms with E-state index in [0.29, 0.717) is 46.8 Å². The third-order valence-corrected chi connectivity index (χ3v) is 22.7. The van der Waals surface area contributed by atoms with E-state index in [1.807, 2.05) is 0 Å². The lowest BCUT2D eigenvalue weighted by molar-refractivity contribution is -0.253. The minimum Gasteiger partial charge on any atom is -0.462 e. The van der Waals surface area contributed by atoms with Crippen molar-refractivity contribution >= 4 is 11.9 Å². The number of hydrogen-bond acceptors (Lipinski definition) is 6. The average molecular weight is 867 g/mol. The summed E-state index contributed by atoms with van der Waals surface area (Å²) >= 11 is 0. The molecular weight excluding hydrogens is 781 g/mol. The molecule has 350 valence electrons. The first kappa shape index (κ1) is 44.9. The molecule has 10 rings (SSSR count). The SMILES string of the molecule is CC1([C@@H]2CC[C@]3(C(=O)N4CCC(OCCN5CCOCC5)CC4)CC[C@]4(C)[C@H](CC[C@@H]5[C@@]6(C)CC[C@H](OC(=O)[C@H]7C[C@@H](Cc8ccccc8)C7(C)C)C(C)(C)[C@@H]6CC[C@]54C)[C@@H]23)CC1. The highest BCUT2D eigenvalue weighted by molar-refractivity contribution is 5.84. The van der Waals surface area contributed by atoms with Crippen LogP contribution in [-0.4, -0.2) is 86.4 Å². The lowest BCUT2D eigenvalue weighted by Crippen LogP contribution is -2.68. The first-order valence-corrected chi connectivity index (χ1v) is 26.4. The molecule has 7 nitrogen and oxygen atoms in total. The second kappa shape index (κ2) is 16.1. The Morgan fingerprint density at radius 2 is 1.43 bits per heavy atom. The molecule has 1 amide bonds. The number of hydrogen-bond donors (Lipinski definition) is 0. The highest BCUT2D eigenvalue weighted by Crippen LogP contribution is 2.79. The van der Waals surface area contributed by atoms with Crippen LogP contribution >= 0.6 is 0 Å². The van der Waals surface area contributed by atoms with Crippen molar-refractivity contribution in [3.05, 3.63) is 35.9 Å². The van der Waals surface area contributed by atoms with Gasteiger partial charge < -0.3 is 19.1 Å². The van der Waals surface area contributed by atoms with E-state index in [1.54, 1.807) is 0 Å². The number of likely N-dealkylation sites (tertiary alicyclic amines) is 1. The fourth-order valence-corrected chi connectivity index (χ4v) is 18.1. The van der Waals surface area contributed by atoms with Gasteiger partial charge in [-0.15, -0.1) is 0 Å². The number of morpholine rings is 1. The van der Waals surface area contributed by atoms with E-state index in [4.69, 9.17) is 14.2 Å². The molecule has 1 aromatic rings. The quantitative estimate of drug-likeness (QED) is 0.218. The predicted molar refractivity (Wildman–Crippen MR) is 250 cm³/mol. The van der Waals surface area contributed by atoms with E-state index < -0.39 is 0 Å². The van der Waals surface area contributed by atoms with E-state index in [1.165, 1.54) is 56.9 Å². The van der Waals surface area contributed by atoms with Crippen LogP contribution in [0.15, 0.2) is 30.3 Å². The maximum Gasteiger partial charge on any atom is 0.309 e. The zero-order valence-electron chi connectivity index (χ0n) is 41.0. The van der Waals surface area contributed by atoms with Crippen molar-refractivity contribution < 1.29 is 23.8 Å². The van der Waals surface area contributed by atoms with Gasteiger partial charge in [0.1, 0.15) is 6.10 Å². The Balaban J connectivity index is 0.822. The van der Waals surface area contributed by atoms with E-state index >= 15 is 4.79 Å². The van der Waals surface area contributed by atoms with Crippen LogP contribution in [0, 0.1) is 79.3 Å². The molecule has 2 heterocycles. The summed E-state index contributed by atoms with van der Waals surface area (Å²) in [6, 6.07) is 10.8. The Hall–Kier alpha value is -1.96. The van der Waals surface area contributed by atoms with Crippen molar-refractivity contribution in [1.29, 1.82) is 0 Å². The van der Waals surface area contributed by atoms with Crippen LogP contribution in [0.25, 0.3) is 0 Å². The number of esters is 1. The molecule has 7 aliphatic carbocycles. The van der Waals surface area contributed by atoms with Crippen LogP contribution in [-0.2, 0) is 30.2 Å². The normalized spacial score (nSPS) is 44.0. The second-order valence-electron chi connectivity index (χ2n) is 25.7. The molecule has 7 heteroatoms. The molecule has 63 heavy (non-hydrogen) atoms. The zero-order valence-corrected chi connectivity index (χ0v) is 41.0. The minimum absolute atomic E-state index is 0.0144. The number of nitrogens with zero attached hydrogens (tertiary/aromatic N) is 2. The number of carbonyl (C=O) groups is 2. The largest absolute Gasteiger partial charge is 0.462 e. The fourth-order valence-electron chi connectivity index (χ4n) is 18.1. The highest BCUT2D eigenvalue weighted by Gasteiger charge is 2.74. The van der Waals surface area contributed by atoms with Crippen molar-refractivity contribution in [2.75, 3.05) is 52.5 Å². The number of rotatable bonds is 10. The molecule has 1 aromatic carbocycles. The number of piperidine rings is 1. The van der Waals surface area contributed by atoms with Crippen LogP contribution in [0.3, 0.4) is 0 Å². The average Bonchev–Trinajstić information content (AvgIpc) is 3.88. The summed E-state index contributed by atoms with van der Waals surface area (Å²) in [6.07, 6.45) is 18.7. The van der Waals surface area contributed by atoms with E-state index in [-0.39, 0.29) is 56.6 Å². The summed E-state index contributed by atoms with van der Waals surface area (Å²) in [7, 11) is 0. The van der Waals surface area contributed by atoms with E-state index in [2.05, 4.69) is 95.5 Å². The Bertz CT molecular complexity index is 1850. The van der Waals surface area contributed by atoms with E-state index in [0.717, 1.165) is 104 Å². The maximum atomic E-state index is 15.4. The van der Waals surface area contributed by atoms with Crippen LogP contribution in [0.4, 0.5) is 0 Å². The van der Waals surface area contributed by atoms with Gasteiger partial charge in [0.05, 0.1) is 37.3 Å². The summed E-state index contributed by atoms with van der Waals surface area (Å²) in [4.78, 5) is 34.3. The van der Waals surface area contributed by atoms with Gasteiger partial charge in [0.2, 0.25) is 5.91 Å². The number of amides is 1. The van der Waals surface area contributed by atoms with Crippen LogP contribution in [0.5, 0.6) is 0 Å². The topological polar surface area (TPSA) is 68.3 Å². The molecule has 2 saturated heterocycles. The van der Waals surface area contributed by atoms with Gasteiger partial charge >= 0.3 is 5.97 Å². The third kappa shape index (κ3) is 7.16. The molecule has 0 unspecified atom stereocenters. The van der Waals surface area contributed by atoms with Gasteiger partial charge in [-0.25, -0.2) is 0 Å². The van der Waals surface area contributed by atoms with Crippen molar-refractivity contribution in [1.82, 2.24) is 9.80 Å². The van der Waals surface area contributed by atoms with Gasteiger partial charge in [-0.3, -0.25) is 14.5 Å². The maximum absolute atomic E-state index is 15.4. The van der Waals surface area contributed by atoms with Crippen molar-refractivity contribution in [3.63, 3.8) is 0 Å². The summed E-state index contributed by atoms with van der Waals surface area (Å²) in [6.45, 7) is 27.5. The Morgan fingerprint density at radius 1 is 0.698 bits per heavy atom. The van der Waals surface area contributed by atoms with Crippen molar-refractivity contribution in [2.24, 2.45) is 79.3 Å². The fraction of sp³-hybridized carbons (Fsp3) is 0.857. The number of carbonyl (C=O) groups excluding carboxylic acids is 2. The van der Waals surface area contributed by atoms with Gasteiger partial charge in [0.15, 0.2) is 0 Å². The van der Waals surface area contributed by atoms with Gasteiger partial charge in [0, 0.05) is 38.1 Å². The Labute approximate surface area is 382 Å². The lowest BCUT2D eigenvalue weighted by Gasteiger charge is -2.73. The summed E-state index contributed by atoms with van der Waals surface area (Å²) in [5.41, 5.74) is 2.19. The number of fused-ring (bicyclic) bond motifs is 7. The van der Waals surface area contributed by atoms with E-state index in [9.17, 15) is 4.79 Å². The van der Waals surface area contributed by atoms with Gasteiger partial charge in [0.25, 0.3) is 0 Å². The smallest absolute Gasteiger partial charge is 0.309 e.